The van der Waals surface area contributed by atoms with Crippen LogP contribution in [-0.4, -0.2) is 10.3 Å². The van der Waals surface area contributed by atoms with E-state index in [2.05, 4.69) is 0 Å². The first-order chi connectivity index (χ1) is 7.28. The van der Waals surface area contributed by atoms with Gasteiger partial charge < -0.3 is 0 Å². The Morgan fingerprint density at radius 1 is 0.688 bits per heavy atom. The van der Waals surface area contributed by atoms with E-state index in [0.29, 0.717) is 0 Å². The Kier molecular flexibility index (Phi) is 2.84. The molecule has 16 heavy (non-hydrogen) atoms. The molecule has 0 aromatic carbocycles. The van der Waals surface area contributed by atoms with Gasteiger partial charge >= 0.3 is 0 Å². The molecule has 92 valence electrons. The number of halogens is 1. The fourth-order valence-electron chi connectivity index (χ4n) is 5.30. The van der Waals surface area contributed by atoms with Gasteiger partial charge in [-0.25, -0.2) is 0 Å². The third-order valence-electron chi connectivity index (χ3n) is 6.01. The fraction of sp³-hybridized carbons (Fsp3) is 1.00. The maximum absolute atomic E-state index is 1.64. The Morgan fingerprint density at radius 2 is 1.06 bits per heavy atom. The highest BCUT2D eigenvalue weighted by Gasteiger charge is 2.53. The lowest BCUT2D eigenvalue weighted by Crippen LogP contribution is -2.26. The highest BCUT2D eigenvalue weighted by Crippen LogP contribution is 2.68. The van der Waals surface area contributed by atoms with Gasteiger partial charge in [-0.15, -0.1) is 21.0 Å². The van der Waals surface area contributed by atoms with E-state index in [-0.39, 0.29) is 12.4 Å². The van der Waals surface area contributed by atoms with Crippen molar-refractivity contribution in [2.45, 2.75) is 74.5 Å². The highest BCUT2D eigenvalue weighted by atomic mass is 35.5. The summed E-state index contributed by atoms with van der Waals surface area (Å²) < 4.78 is 0. The van der Waals surface area contributed by atoms with E-state index in [9.17, 15) is 0 Å². The number of hydrogen-bond donors (Lipinski definition) is 0. The van der Waals surface area contributed by atoms with Crippen LogP contribution < -0.4 is 0 Å². The molecule has 0 amide bonds. The van der Waals surface area contributed by atoms with Crippen LogP contribution >= 0.6 is 21.0 Å². The van der Waals surface area contributed by atoms with Crippen molar-refractivity contribution in [3.8, 4) is 0 Å². The summed E-state index contributed by atoms with van der Waals surface area (Å²) in [6.07, 6.45) is 16.1. The van der Waals surface area contributed by atoms with Crippen LogP contribution in [0.2, 0.25) is 0 Å². The Morgan fingerprint density at radius 3 is 1.31 bits per heavy atom. The molecule has 0 heterocycles. The molecule has 4 rings (SSSR count). The van der Waals surface area contributed by atoms with Gasteiger partial charge in [0, 0.05) is 0 Å². The second kappa shape index (κ2) is 3.86. The van der Waals surface area contributed by atoms with Crippen molar-refractivity contribution >= 4 is 21.0 Å². The molecule has 4 aliphatic carbocycles. The number of rotatable bonds is 2. The van der Waals surface area contributed by atoms with Gasteiger partial charge in [-0.05, 0) is 86.4 Å². The minimum absolute atomic E-state index is 0. The molecule has 0 aromatic rings. The summed E-state index contributed by atoms with van der Waals surface area (Å²) in [6.45, 7) is 0. The summed E-state index contributed by atoms with van der Waals surface area (Å²) in [5, 5.41) is 1.79. The first-order valence-electron chi connectivity index (χ1n) is 7.07. The lowest BCUT2D eigenvalue weighted by Gasteiger charge is -2.37. The summed E-state index contributed by atoms with van der Waals surface area (Å²) in [5.74, 6) is 2.32. The first kappa shape index (κ1) is 11.8. The second-order valence-electron chi connectivity index (χ2n) is 6.98. The van der Waals surface area contributed by atoms with E-state index < -0.39 is 0 Å². The molecule has 0 aliphatic heterocycles. The van der Waals surface area contributed by atoms with Crippen molar-refractivity contribution in [1.29, 1.82) is 0 Å². The van der Waals surface area contributed by atoms with E-state index in [0.717, 1.165) is 22.1 Å². The Hall–Kier alpha value is 0.720. The molecule has 0 unspecified atom stereocenters. The van der Waals surface area contributed by atoms with Crippen molar-refractivity contribution in [2.24, 2.45) is 11.8 Å². The molecule has 0 nitrogen and oxygen atoms in total. The van der Waals surface area contributed by atoms with E-state index in [1.54, 1.807) is 64.2 Å². The molecule has 0 saturated heterocycles. The van der Waals surface area contributed by atoms with Gasteiger partial charge in [-0.3, -0.25) is 0 Å². The van der Waals surface area contributed by atoms with Crippen LogP contribution in [0.15, 0.2) is 0 Å². The topological polar surface area (TPSA) is 0 Å². The number of fused-ring (bicyclic) bond motifs is 4. The molecular formula is C14H24ClP. The van der Waals surface area contributed by atoms with Crippen molar-refractivity contribution in [1.82, 2.24) is 0 Å². The lowest BCUT2D eigenvalue weighted by atomic mass is 9.99. The Bertz CT molecular complexity index is 244. The van der Waals surface area contributed by atoms with Crippen molar-refractivity contribution in [3.05, 3.63) is 0 Å². The standard InChI is InChI=1S/C14H23P.ClH/c1-5-13(6-2-11(1)9-13)15-14-7-3-12(10-14)4-8-14;/h11-12,15H,1-10H2;1H. The van der Waals surface area contributed by atoms with Crippen LogP contribution in [0.3, 0.4) is 0 Å². The second-order valence-corrected chi connectivity index (χ2v) is 9.35. The smallest absolute Gasteiger partial charge is 0.0114 e. The highest BCUT2D eigenvalue weighted by molar-refractivity contribution is 7.42. The summed E-state index contributed by atoms with van der Waals surface area (Å²) in [4.78, 5) is 0. The third-order valence-corrected chi connectivity index (χ3v) is 8.48. The molecular weight excluding hydrogens is 235 g/mol. The zero-order valence-corrected chi connectivity index (χ0v) is 12.0. The van der Waals surface area contributed by atoms with Crippen LogP contribution in [0.4, 0.5) is 0 Å². The monoisotopic (exact) mass is 258 g/mol. The van der Waals surface area contributed by atoms with Crippen molar-refractivity contribution < 1.29 is 0 Å². The van der Waals surface area contributed by atoms with E-state index >= 15 is 0 Å². The largest absolute Gasteiger partial charge is 0.147 e. The van der Waals surface area contributed by atoms with Crippen LogP contribution in [0.25, 0.3) is 0 Å². The molecule has 2 heteroatoms. The SMILES string of the molecule is C1CC2(PC34CCC(CC3)C4)CCC1C2.Cl. The molecule has 0 N–H and O–H groups in total. The molecule has 4 bridgehead atoms. The zero-order chi connectivity index (χ0) is 9.93. The molecule has 0 radical (unpaired) electrons. The average molecular weight is 259 g/mol. The quantitative estimate of drug-likeness (QED) is 0.627. The van der Waals surface area contributed by atoms with Gasteiger partial charge in [-0.2, -0.15) is 0 Å². The van der Waals surface area contributed by atoms with Crippen LogP contribution in [0.5, 0.6) is 0 Å². The van der Waals surface area contributed by atoms with Crippen LogP contribution in [0, 0.1) is 11.8 Å². The van der Waals surface area contributed by atoms with Crippen LogP contribution in [-0.2, 0) is 0 Å². The zero-order valence-electron chi connectivity index (χ0n) is 10.1. The normalized spacial score (nSPS) is 54.0. The van der Waals surface area contributed by atoms with Gasteiger partial charge in [0.2, 0.25) is 0 Å². The van der Waals surface area contributed by atoms with Gasteiger partial charge in [0.05, 0.1) is 0 Å². The Labute approximate surface area is 108 Å². The fourth-order valence-corrected chi connectivity index (χ4v) is 8.28. The number of hydrogen-bond acceptors (Lipinski definition) is 0. The lowest BCUT2D eigenvalue weighted by molar-refractivity contribution is 0.478. The maximum Gasteiger partial charge on any atom is -0.0114 e. The molecule has 4 aliphatic rings. The maximum atomic E-state index is 1.64. The van der Waals surface area contributed by atoms with Gasteiger partial charge in [0.1, 0.15) is 0 Å². The summed E-state index contributed by atoms with van der Waals surface area (Å²) in [6, 6.07) is 0. The minimum Gasteiger partial charge on any atom is -0.147 e. The van der Waals surface area contributed by atoms with Crippen LogP contribution in [0.1, 0.15) is 64.2 Å². The summed E-state index contributed by atoms with van der Waals surface area (Å²) >= 11 is 0. The predicted octanol–water partition coefficient (Wildman–Crippen LogP) is 4.75. The molecule has 0 atom stereocenters. The summed E-state index contributed by atoms with van der Waals surface area (Å²) in [7, 11) is 1.36. The van der Waals surface area contributed by atoms with E-state index in [4.69, 9.17) is 0 Å². The van der Waals surface area contributed by atoms with E-state index in [1.165, 1.54) is 8.58 Å². The van der Waals surface area contributed by atoms with Gasteiger partial charge in [0.25, 0.3) is 0 Å². The molecule has 4 fully saturated rings. The molecule has 0 spiro atoms. The Balaban J connectivity index is 0.000000810. The molecule has 4 saturated carbocycles. The third kappa shape index (κ3) is 1.67. The van der Waals surface area contributed by atoms with Crippen molar-refractivity contribution in [2.75, 3.05) is 0 Å². The summed E-state index contributed by atoms with van der Waals surface area (Å²) in [5.41, 5.74) is 0. The minimum atomic E-state index is 0. The van der Waals surface area contributed by atoms with Crippen molar-refractivity contribution in [3.63, 3.8) is 0 Å². The first-order valence-corrected chi connectivity index (χ1v) is 8.07. The average Bonchev–Trinajstić information content (AvgIpc) is 2.95. The van der Waals surface area contributed by atoms with E-state index in [1.807, 2.05) is 0 Å². The van der Waals surface area contributed by atoms with Gasteiger partial charge in [-0.1, -0.05) is 0 Å². The predicted molar refractivity (Wildman–Crippen MR) is 74.2 cm³/mol. The van der Waals surface area contributed by atoms with Gasteiger partial charge in [0.15, 0.2) is 0 Å². The molecule has 0 aromatic heterocycles.